The van der Waals surface area contributed by atoms with Crippen molar-refractivity contribution in [1.29, 1.82) is 0 Å². The molecular formula is C11H12ClNO4. The highest BCUT2D eigenvalue weighted by Crippen LogP contribution is 2.25. The van der Waals surface area contributed by atoms with Gasteiger partial charge in [-0.1, -0.05) is 17.7 Å². The van der Waals surface area contributed by atoms with Gasteiger partial charge < -0.3 is 14.8 Å². The molecule has 1 amide bonds. The van der Waals surface area contributed by atoms with Crippen molar-refractivity contribution in [2.24, 2.45) is 0 Å². The number of benzene rings is 1. The summed E-state index contributed by atoms with van der Waals surface area (Å²) in [6.45, 7) is 0.0940. The van der Waals surface area contributed by atoms with Crippen LogP contribution in [-0.2, 0) is 20.9 Å². The van der Waals surface area contributed by atoms with E-state index in [4.69, 9.17) is 16.3 Å². The third-order valence-corrected chi connectivity index (χ3v) is 2.45. The fraction of sp³-hybridized carbons (Fsp3) is 0.273. The maximum absolute atomic E-state index is 11.2. The van der Waals surface area contributed by atoms with Gasteiger partial charge in [0.25, 0.3) is 0 Å². The van der Waals surface area contributed by atoms with Crippen molar-refractivity contribution in [2.45, 2.75) is 6.54 Å². The van der Waals surface area contributed by atoms with Gasteiger partial charge in [-0.05, 0) is 12.1 Å². The third-order valence-electron chi connectivity index (χ3n) is 2.09. The van der Waals surface area contributed by atoms with Gasteiger partial charge in [-0.2, -0.15) is 0 Å². The van der Waals surface area contributed by atoms with Gasteiger partial charge in [-0.15, -0.1) is 0 Å². The van der Waals surface area contributed by atoms with E-state index in [0.29, 0.717) is 16.3 Å². The number of halogens is 1. The van der Waals surface area contributed by atoms with Gasteiger partial charge in [0.2, 0.25) is 0 Å². The van der Waals surface area contributed by atoms with E-state index < -0.39 is 11.9 Å². The molecule has 6 heteroatoms. The Labute approximate surface area is 104 Å². The van der Waals surface area contributed by atoms with Crippen molar-refractivity contribution in [3.05, 3.63) is 28.8 Å². The molecule has 0 aromatic heterocycles. The van der Waals surface area contributed by atoms with E-state index in [0.717, 1.165) is 7.11 Å². The Bertz CT molecular complexity index is 433. The minimum absolute atomic E-state index is 0.0940. The first kappa shape index (κ1) is 13.3. The van der Waals surface area contributed by atoms with Crippen LogP contribution in [0.2, 0.25) is 5.02 Å². The van der Waals surface area contributed by atoms with Crippen molar-refractivity contribution >= 4 is 23.5 Å². The van der Waals surface area contributed by atoms with Crippen LogP contribution >= 0.6 is 11.6 Å². The number of nitrogens with one attached hydrogen (secondary N) is 1. The van der Waals surface area contributed by atoms with E-state index in [1.54, 1.807) is 18.2 Å². The van der Waals surface area contributed by atoms with E-state index in [1.807, 2.05) is 0 Å². The number of hydrogen-bond donors (Lipinski definition) is 1. The first-order valence-corrected chi connectivity index (χ1v) is 5.15. The zero-order chi connectivity index (χ0) is 12.8. The molecule has 0 bridgehead atoms. The fourth-order valence-corrected chi connectivity index (χ4v) is 1.47. The summed E-state index contributed by atoms with van der Waals surface area (Å²) in [6.07, 6.45) is 0. The molecule has 0 fully saturated rings. The van der Waals surface area contributed by atoms with Crippen molar-refractivity contribution in [3.8, 4) is 5.75 Å². The summed E-state index contributed by atoms with van der Waals surface area (Å²) >= 11 is 5.96. The molecular weight excluding hydrogens is 246 g/mol. The molecule has 0 aliphatic heterocycles. The highest BCUT2D eigenvalue weighted by atomic mass is 35.5. The average molecular weight is 258 g/mol. The SMILES string of the molecule is COC(=O)C(=O)NCc1c(Cl)cccc1OC. The van der Waals surface area contributed by atoms with Crippen molar-refractivity contribution < 1.29 is 19.1 Å². The predicted molar refractivity (Wildman–Crippen MR) is 61.9 cm³/mol. The summed E-state index contributed by atoms with van der Waals surface area (Å²) in [5, 5.41) is 2.84. The minimum atomic E-state index is -0.948. The van der Waals surface area contributed by atoms with Crippen LogP contribution in [0.4, 0.5) is 0 Å². The number of carbonyl (C=O) groups excluding carboxylic acids is 2. The Morgan fingerprint density at radius 2 is 2.06 bits per heavy atom. The van der Waals surface area contributed by atoms with Crippen LogP contribution in [0.1, 0.15) is 5.56 Å². The number of hydrogen-bond acceptors (Lipinski definition) is 4. The van der Waals surface area contributed by atoms with Crippen molar-refractivity contribution in [2.75, 3.05) is 14.2 Å². The lowest BCUT2D eigenvalue weighted by Crippen LogP contribution is -2.31. The van der Waals surface area contributed by atoms with E-state index in [-0.39, 0.29) is 6.54 Å². The standard InChI is InChI=1S/C11H12ClNO4/c1-16-9-5-3-4-8(12)7(9)6-13-10(14)11(15)17-2/h3-5H,6H2,1-2H3,(H,13,14). The molecule has 0 atom stereocenters. The second-order valence-electron chi connectivity index (χ2n) is 3.09. The Kier molecular flexibility index (Phi) is 4.78. The summed E-state index contributed by atoms with van der Waals surface area (Å²) < 4.78 is 9.37. The molecule has 17 heavy (non-hydrogen) atoms. The lowest BCUT2D eigenvalue weighted by atomic mass is 10.2. The van der Waals surface area contributed by atoms with Crippen LogP contribution in [0.5, 0.6) is 5.75 Å². The molecule has 1 rings (SSSR count). The van der Waals surface area contributed by atoms with Gasteiger partial charge in [0, 0.05) is 17.1 Å². The van der Waals surface area contributed by atoms with Gasteiger partial charge >= 0.3 is 11.9 Å². The first-order chi connectivity index (χ1) is 8.10. The topological polar surface area (TPSA) is 64.6 Å². The summed E-state index contributed by atoms with van der Waals surface area (Å²) in [6, 6.07) is 5.11. The number of amides is 1. The second kappa shape index (κ2) is 6.10. The van der Waals surface area contributed by atoms with Crippen LogP contribution in [0.25, 0.3) is 0 Å². The van der Waals surface area contributed by atoms with Gasteiger partial charge in [0.05, 0.1) is 14.2 Å². The maximum Gasteiger partial charge on any atom is 0.396 e. The van der Waals surface area contributed by atoms with Gasteiger partial charge in [-0.3, -0.25) is 4.79 Å². The Morgan fingerprint density at radius 3 is 2.65 bits per heavy atom. The van der Waals surface area contributed by atoms with Crippen molar-refractivity contribution in [3.63, 3.8) is 0 Å². The van der Waals surface area contributed by atoms with E-state index >= 15 is 0 Å². The summed E-state index contributed by atoms with van der Waals surface area (Å²) in [4.78, 5) is 22.1. The summed E-state index contributed by atoms with van der Waals surface area (Å²) in [5.41, 5.74) is 0.605. The molecule has 0 aliphatic rings. The van der Waals surface area contributed by atoms with Crippen LogP contribution in [0.15, 0.2) is 18.2 Å². The average Bonchev–Trinajstić information content (AvgIpc) is 2.35. The van der Waals surface area contributed by atoms with E-state index in [2.05, 4.69) is 10.1 Å². The van der Waals surface area contributed by atoms with Crippen LogP contribution < -0.4 is 10.1 Å². The number of carbonyl (C=O) groups is 2. The van der Waals surface area contributed by atoms with Gasteiger partial charge in [0.1, 0.15) is 5.75 Å². The smallest absolute Gasteiger partial charge is 0.396 e. The number of esters is 1. The molecule has 0 saturated carbocycles. The molecule has 92 valence electrons. The lowest BCUT2D eigenvalue weighted by Gasteiger charge is -2.10. The molecule has 0 radical (unpaired) electrons. The van der Waals surface area contributed by atoms with Gasteiger partial charge in [-0.25, -0.2) is 4.79 Å². The molecule has 0 heterocycles. The van der Waals surface area contributed by atoms with E-state index in [1.165, 1.54) is 7.11 Å². The zero-order valence-corrected chi connectivity index (χ0v) is 10.2. The van der Waals surface area contributed by atoms with E-state index in [9.17, 15) is 9.59 Å². The fourth-order valence-electron chi connectivity index (χ4n) is 1.24. The molecule has 5 nitrogen and oxygen atoms in total. The maximum atomic E-state index is 11.2. The summed E-state index contributed by atoms with van der Waals surface area (Å²) in [7, 11) is 2.63. The third kappa shape index (κ3) is 3.35. The minimum Gasteiger partial charge on any atom is -0.496 e. The Morgan fingerprint density at radius 1 is 1.35 bits per heavy atom. The molecule has 0 unspecified atom stereocenters. The number of methoxy groups -OCH3 is 2. The molecule has 1 aromatic carbocycles. The summed E-state index contributed by atoms with van der Waals surface area (Å²) in [5.74, 6) is -1.23. The second-order valence-corrected chi connectivity index (χ2v) is 3.50. The Hall–Kier alpha value is -1.75. The normalized spacial score (nSPS) is 9.59. The molecule has 1 aromatic rings. The Balaban J connectivity index is 2.75. The van der Waals surface area contributed by atoms with Crippen LogP contribution in [0.3, 0.4) is 0 Å². The number of ether oxygens (including phenoxy) is 2. The first-order valence-electron chi connectivity index (χ1n) is 4.77. The van der Waals surface area contributed by atoms with Crippen LogP contribution in [0, 0.1) is 0 Å². The monoisotopic (exact) mass is 257 g/mol. The highest BCUT2D eigenvalue weighted by molar-refractivity contribution is 6.33. The molecule has 0 saturated heterocycles. The number of rotatable bonds is 3. The predicted octanol–water partition coefficient (Wildman–Crippen LogP) is 1.14. The molecule has 0 aliphatic carbocycles. The van der Waals surface area contributed by atoms with Crippen molar-refractivity contribution in [1.82, 2.24) is 5.32 Å². The highest BCUT2D eigenvalue weighted by Gasteiger charge is 2.15. The zero-order valence-electron chi connectivity index (χ0n) is 9.45. The molecule has 1 N–H and O–H groups in total. The lowest BCUT2D eigenvalue weighted by molar-refractivity contribution is -0.152. The molecule has 0 spiro atoms. The quantitative estimate of drug-likeness (QED) is 0.651. The van der Waals surface area contributed by atoms with Gasteiger partial charge in [0.15, 0.2) is 0 Å². The van der Waals surface area contributed by atoms with Crippen LogP contribution in [-0.4, -0.2) is 26.1 Å². The largest absolute Gasteiger partial charge is 0.496 e.